The lowest BCUT2D eigenvalue weighted by Crippen LogP contribution is -2.42. The van der Waals surface area contributed by atoms with E-state index in [-0.39, 0.29) is 12.5 Å². The van der Waals surface area contributed by atoms with Gasteiger partial charge in [-0.15, -0.1) is 0 Å². The van der Waals surface area contributed by atoms with Crippen LogP contribution in [0.1, 0.15) is 33.1 Å². The average molecular weight is 520 g/mol. The molecule has 0 fully saturated rings. The Balaban J connectivity index is 1.53. The summed E-state index contributed by atoms with van der Waals surface area (Å²) < 4.78 is 22.6. The van der Waals surface area contributed by atoms with Crippen LogP contribution >= 0.6 is 11.6 Å². The maximum atomic E-state index is 13.7. The zero-order valence-corrected chi connectivity index (χ0v) is 21.5. The van der Waals surface area contributed by atoms with Gasteiger partial charge in [-0.1, -0.05) is 23.7 Å². The molecule has 4 aromatic rings. The van der Waals surface area contributed by atoms with E-state index < -0.39 is 11.7 Å². The number of carbonyl (C=O) groups is 1. The fourth-order valence-electron chi connectivity index (χ4n) is 4.81. The Morgan fingerprint density at radius 1 is 1.05 bits per heavy atom. The average Bonchev–Trinajstić information content (AvgIpc) is 2.90. The van der Waals surface area contributed by atoms with Gasteiger partial charge in [-0.2, -0.15) is 0 Å². The van der Waals surface area contributed by atoms with Gasteiger partial charge in [0.2, 0.25) is 0 Å². The van der Waals surface area contributed by atoms with E-state index in [2.05, 4.69) is 0 Å². The molecule has 3 aromatic carbocycles. The van der Waals surface area contributed by atoms with Crippen LogP contribution in [-0.4, -0.2) is 38.2 Å². The second-order valence-electron chi connectivity index (χ2n) is 8.87. The summed E-state index contributed by atoms with van der Waals surface area (Å²) in [6, 6.07) is 17.3. The third-order valence-corrected chi connectivity index (χ3v) is 7.03. The Morgan fingerprint density at radius 3 is 2.57 bits per heavy atom. The van der Waals surface area contributed by atoms with Gasteiger partial charge in [-0.3, -0.25) is 4.79 Å². The van der Waals surface area contributed by atoms with Crippen LogP contribution in [0.3, 0.4) is 0 Å². The van der Waals surface area contributed by atoms with Crippen LogP contribution in [0.25, 0.3) is 11.0 Å². The Labute approximate surface area is 219 Å². The summed E-state index contributed by atoms with van der Waals surface area (Å²) in [6.45, 7) is 2.51. The smallest absolute Gasteiger partial charge is 0.336 e. The fraction of sp³-hybridized carbons (Fsp3) is 0.241. The number of benzene rings is 3. The summed E-state index contributed by atoms with van der Waals surface area (Å²) in [6.07, 6.45) is 0.642. The normalized spacial score (nSPS) is 14.8. The molecule has 0 spiro atoms. The van der Waals surface area contributed by atoms with E-state index in [4.69, 9.17) is 30.2 Å². The molecule has 0 saturated heterocycles. The highest BCUT2D eigenvalue weighted by atomic mass is 35.5. The molecule has 2 heterocycles. The van der Waals surface area contributed by atoms with E-state index in [1.54, 1.807) is 49.5 Å². The van der Waals surface area contributed by atoms with E-state index >= 15 is 0 Å². The number of nitrogens with zero attached hydrogens (tertiary/aromatic N) is 1. The highest BCUT2D eigenvalue weighted by molar-refractivity contribution is 6.33. The standard InChI is InChI=1S/C29H26ClNO6/c1-17-12-28(32)37-25-14-19(8-9-20(17)25)36-16-24-22-15-27(35-3)26(34-2)13-18(22)10-11-31(24)29(33)21-6-4-5-7-23(21)30/h4-9,12-15,24H,10-11,16H2,1-3H3/t24-/m0/s1. The van der Waals surface area contributed by atoms with Gasteiger partial charge in [0, 0.05) is 24.1 Å². The summed E-state index contributed by atoms with van der Waals surface area (Å²) in [5.41, 5.74) is 3.25. The molecule has 1 aliphatic heterocycles. The van der Waals surface area contributed by atoms with Gasteiger partial charge in [0.15, 0.2) is 11.5 Å². The van der Waals surface area contributed by atoms with Crippen LogP contribution in [0.2, 0.25) is 5.02 Å². The van der Waals surface area contributed by atoms with E-state index in [1.165, 1.54) is 6.07 Å². The minimum Gasteiger partial charge on any atom is -0.493 e. The Morgan fingerprint density at radius 2 is 1.81 bits per heavy atom. The number of ether oxygens (including phenoxy) is 3. The number of hydrogen-bond donors (Lipinski definition) is 0. The number of aryl methyl sites for hydroxylation is 1. The van der Waals surface area contributed by atoms with Gasteiger partial charge in [0.05, 0.1) is 30.8 Å². The third-order valence-electron chi connectivity index (χ3n) is 6.70. The van der Waals surface area contributed by atoms with E-state index in [0.717, 1.165) is 22.1 Å². The largest absolute Gasteiger partial charge is 0.493 e. The van der Waals surface area contributed by atoms with Crippen molar-refractivity contribution in [3.8, 4) is 17.2 Å². The predicted octanol–water partition coefficient (Wildman–Crippen LogP) is 5.59. The first-order valence-electron chi connectivity index (χ1n) is 11.9. The number of halogens is 1. The lowest BCUT2D eigenvalue weighted by molar-refractivity contribution is 0.0589. The quantitative estimate of drug-likeness (QED) is 0.309. The first kappa shape index (κ1) is 24.7. The minimum absolute atomic E-state index is 0.167. The van der Waals surface area contributed by atoms with Crippen molar-refractivity contribution in [2.45, 2.75) is 19.4 Å². The summed E-state index contributed by atoms with van der Waals surface area (Å²) >= 11 is 6.38. The zero-order valence-electron chi connectivity index (χ0n) is 20.7. The van der Waals surface area contributed by atoms with E-state index in [0.29, 0.717) is 46.4 Å². The number of amides is 1. The third kappa shape index (κ3) is 4.74. The highest BCUT2D eigenvalue weighted by Gasteiger charge is 2.34. The lowest BCUT2D eigenvalue weighted by Gasteiger charge is -2.37. The number of fused-ring (bicyclic) bond motifs is 2. The molecule has 0 aliphatic carbocycles. The van der Waals surface area contributed by atoms with Crippen LogP contribution in [0, 0.1) is 6.92 Å². The number of hydrogen-bond acceptors (Lipinski definition) is 6. The van der Waals surface area contributed by atoms with Crippen molar-refractivity contribution in [1.82, 2.24) is 4.90 Å². The maximum absolute atomic E-state index is 13.7. The molecule has 5 rings (SSSR count). The molecule has 1 amide bonds. The van der Waals surface area contributed by atoms with E-state index in [1.807, 2.05) is 31.2 Å². The molecule has 0 bridgehead atoms. The first-order chi connectivity index (χ1) is 17.9. The van der Waals surface area contributed by atoms with Crippen molar-refractivity contribution in [3.05, 3.63) is 98.4 Å². The monoisotopic (exact) mass is 519 g/mol. The molecule has 0 unspecified atom stereocenters. The van der Waals surface area contributed by atoms with Crippen molar-refractivity contribution in [3.63, 3.8) is 0 Å². The van der Waals surface area contributed by atoms with Gasteiger partial charge in [-0.25, -0.2) is 4.79 Å². The Kier molecular flexibility index (Phi) is 6.80. The molecule has 0 saturated carbocycles. The topological polar surface area (TPSA) is 78.2 Å². The number of methoxy groups -OCH3 is 2. The van der Waals surface area contributed by atoms with Gasteiger partial charge in [0.1, 0.15) is 17.9 Å². The summed E-state index contributed by atoms with van der Waals surface area (Å²) in [5.74, 6) is 1.55. The molecule has 1 atom stereocenters. The van der Waals surface area contributed by atoms with Gasteiger partial charge in [0.25, 0.3) is 5.91 Å². The molecule has 0 radical (unpaired) electrons. The molecule has 8 heteroatoms. The fourth-order valence-corrected chi connectivity index (χ4v) is 5.03. The highest BCUT2D eigenvalue weighted by Crippen LogP contribution is 2.39. The molecule has 7 nitrogen and oxygen atoms in total. The Hall–Kier alpha value is -3.97. The van der Waals surface area contributed by atoms with Crippen LogP contribution in [0.5, 0.6) is 17.2 Å². The summed E-state index contributed by atoms with van der Waals surface area (Å²) in [5, 5.41) is 1.23. The Bertz CT molecular complexity index is 1550. The molecule has 190 valence electrons. The SMILES string of the molecule is COc1cc2c(cc1OC)[C@H](COc1ccc3c(C)cc(=O)oc3c1)N(C(=O)c1ccccc1Cl)CC2. The number of rotatable bonds is 6. The summed E-state index contributed by atoms with van der Waals surface area (Å²) in [7, 11) is 3.18. The molecular formula is C29H26ClNO6. The summed E-state index contributed by atoms with van der Waals surface area (Å²) in [4.78, 5) is 27.3. The van der Waals surface area contributed by atoms with Gasteiger partial charge in [-0.05, 0) is 66.4 Å². The first-order valence-corrected chi connectivity index (χ1v) is 12.2. The second kappa shape index (κ2) is 10.2. The van der Waals surface area contributed by atoms with Crippen molar-refractivity contribution in [2.75, 3.05) is 27.4 Å². The van der Waals surface area contributed by atoms with Crippen LogP contribution in [0.15, 0.2) is 69.9 Å². The minimum atomic E-state index is -0.424. The molecular weight excluding hydrogens is 494 g/mol. The molecule has 37 heavy (non-hydrogen) atoms. The van der Waals surface area contributed by atoms with Crippen molar-refractivity contribution in [1.29, 1.82) is 0 Å². The molecule has 1 aromatic heterocycles. The molecule has 1 aliphatic rings. The van der Waals surface area contributed by atoms with E-state index in [9.17, 15) is 9.59 Å². The predicted molar refractivity (Wildman–Crippen MR) is 141 cm³/mol. The zero-order chi connectivity index (χ0) is 26.1. The van der Waals surface area contributed by atoms with Crippen LogP contribution in [-0.2, 0) is 6.42 Å². The van der Waals surface area contributed by atoms with Crippen molar-refractivity contribution < 1.29 is 23.4 Å². The lowest BCUT2D eigenvalue weighted by atomic mass is 9.91. The van der Waals surface area contributed by atoms with Gasteiger partial charge >= 0.3 is 5.63 Å². The van der Waals surface area contributed by atoms with Gasteiger partial charge < -0.3 is 23.5 Å². The van der Waals surface area contributed by atoms with Crippen molar-refractivity contribution in [2.24, 2.45) is 0 Å². The maximum Gasteiger partial charge on any atom is 0.336 e. The van der Waals surface area contributed by atoms with Crippen molar-refractivity contribution >= 4 is 28.5 Å². The van der Waals surface area contributed by atoms with Crippen LogP contribution < -0.4 is 19.8 Å². The number of carbonyl (C=O) groups excluding carboxylic acids is 1. The van der Waals surface area contributed by atoms with Crippen LogP contribution in [0.4, 0.5) is 0 Å². The molecule has 0 N–H and O–H groups in total. The second-order valence-corrected chi connectivity index (χ2v) is 9.27.